The number of hydrogen-bond acceptors (Lipinski definition) is 6. The summed E-state index contributed by atoms with van der Waals surface area (Å²) in [5.41, 5.74) is -1.79. The fourth-order valence-electron chi connectivity index (χ4n) is 3.92. The normalized spacial score (nSPS) is 14.4. The minimum Gasteiger partial charge on any atom is -0.491 e. The summed E-state index contributed by atoms with van der Waals surface area (Å²) in [4.78, 5) is 9.02. The van der Waals surface area contributed by atoms with Crippen LogP contribution in [-0.4, -0.2) is 41.0 Å². The van der Waals surface area contributed by atoms with Crippen molar-refractivity contribution in [3.63, 3.8) is 0 Å². The van der Waals surface area contributed by atoms with Crippen molar-refractivity contribution in [1.82, 2.24) is 9.97 Å². The first-order valence-electron chi connectivity index (χ1n) is 11.5. The van der Waals surface area contributed by atoms with Crippen LogP contribution in [0.3, 0.4) is 0 Å². The second kappa shape index (κ2) is 9.60. The minimum absolute atomic E-state index is 0.0143. The Labute approximate surface area is 207 Å². The zero-order valence-corrected chi connectivity index (χ0v) is 20.7. The van der Waals surface area contributed by atoms with Crippen LogP contribution >= 0.6 is 0 Å². The number of aryl methyl sites for hydroxylation is 1. The summed E-state index contributed by atoms with van der Waals surface area (Å²) in [7, 11) is 1.58. The molecule has 0 unspecified atom stereocenters. The molecule has 1 aromatic heterocycles. The van der Waals surface area contributed by atoms with Crippen LogP contribution in [0.5, 0.6) is 5.75 Å². The molecule has 0 spiro atoms. The van der Waals surface area contributed by atoms with Gasteiger partial charge in [-0.15, -0.1) is 0 Å². The highest BCUT2D eigenvalue weighted by molar-refractivity contribution is 5.91. The Balaban J connectivity index is 1.72. The molecule has 0 saturated heterocycles. The monoisotopic (exact) mass is 499 g/mol. The van der Waals surface area contributed by atoms with Crippen molar-refractivity contribution in [2.75, 3.05) is 25.6 Å². The van der Waals surface area contributed by atoms with Gasteiger partial charge >= 0.3 is 5.92 Å². The summed E-state index contributed by atoms with van der Waals surface area (Å²) < 4.78 is 55.8. The third-order valence-electron chi connectivity index (χ3n) is 6.04. The molecule has 0 bridgehead atoms. The van der Waals surface area contributed by atoms with Crippen LogP contribution in [0.1, 0.15) is 55.2 Å². The van der Waals surface area contributed by atoms with Gasteiger partial charge in [0.05, 0.1) is 23.7 Å². The molecule has 9 heteroatoms. The molecule has 1 heterocycles. The van der Waals surface area contributed by atoms with Crippen LogP contribution in [0.15, 0.2) is 30.3 Å². The Morgan fingerprint density at radius 1 is 1.17 bits per heavy atom. The van der Waals surface area contributed by atoms with E-state index in [1.54, 1.807) is 27.0 Å². The second-order valence-electron chi connectivity index (χ2n) is 9.30. The van der Waals surface area contributed by atoms with E-state index in [2.05, 4.69) is 27.1 Å². The van der Waals surface area contributed by atoms with E-state index in [9.17, 15) is 13.9 Å². The maximum absolute atomic E-state index is 15.3. The lowest BCUT2D eigenvalue weighted by molar-refractivity contribution is -0.170. The zero-order chi connectivity index (χ0) is 26.3. The van der Waals surface area contributed by atoms with E-state index in [1.165, 1.54) is 12.1 Å². The van der Waals surface area contributed by atoms with Crippen molar-refractivity contribution >= 4 is 16.7 Å². The molecular weight excluding hydrogens is 471 g/mol. The smallest absolute Gasteiger partial charge is 0.303 e. The van der Waals surface area contributed by atoms with Gasteiger partial charge in [-0.25, -0.2) is 14.4 Å². The predicted octanol–water partition coefficient (Wildman–Crippen LogP) is 5.24. The largest absolute Gasteiger partial charge is 0.491 e. The van der Waals surface area contributed by atoms with Crippen molar-refractivity contribution < 1.29 is 27.8 Å². The number of ether oxygens (including phenoxy) is 2. The number of nitrogens with one attached hydrogen (secondary N) is 1. The highest BCUT2D eigenvalue weighted by Crippen LogP contribution is 2.42. The molecule has 6 nitrogen and oxygen atoms in total. The summed E-state index contributed by atoms with van der Waals surface area (Å²) in [6, 6.07) is 6.70. The predicted molar refractivity (Wildman–Crippen MR) is 131 cm³/mol. The molecule has 0 aliphatic heterocycles. The summed E-state index contributed by atoms with van der Waals surface area (Å²) in [6.45, 7) is 6.02. The maximum Gasteiger partial charge on any atom is 0.303 e. The summed E-state index contributed by atoms with van der Waals surface area (Å²) in [5.74, 6) is 2.58. The van der Waals surface area contributed by atoms with E-state index in [1.807, 2.05) is 6.07 Å². The van der Waals surface area contributed by atoms with E-state index < -0.39 is 28.9 Å². The van der Waals surface area contributed by atoms with Gasteiger partial charge in [-0.1, -0.05) is 24.0 Å². The highest BCUT2D eigenvalue weighted by atomic mass is 19.3. The zero-order valence-electron chi connectivity index (χ0n) is 20.7. The van der Waals surface area contributed by atoms with Crippen LogP contribution in [0.25, 0.3) is 10.9 Å². The van der Waals surface area contributed by atoms with Gasteiger partial charge in [-0.2, -0.15) is 8.78 Å². The van der Waals surface area contributed by atoms with Gasteiger partial charge in [0.1, 0.15) is 41.3 Å². The van der Waals surface area contributed by atoms with Crippen LogP contribution in [-0.2, 0) is 10.7 Å². The van der Waals surface area contributed by atoms with Crippen LogP contribution in [0, 0.1) is 24.6 Å². The number of aliphatic hydroxyl groups is 1. The molecule has 3 aromatic rings. The van der Waals surface area contributed by atoms with E-state index in [-0.39, 0.29) is 11.5 Å². The van der Waals surface area contributed by atoms with Crippen molar-refractivity contribution in [2.24, 2.45) is 0 Å². The van der Waals surface area contributed by atoms with E-state index in [0.717, 1.165) is 25.5 Å². The lowest BCUT2D eigenvalue weighted by Gasteiger charge is -2.30. The first-order chi connectivity index (χ1) is 16.9. The average molecular weight is 500 g/mol. The average Bonchev–Trinajstić information content (AvgIpc) is 3.63. The third kappa shape index (κ3) is 4.97. The van der Waals surface area contributed by atoms with Crippen molar-refractivity contribution in [3.05, 3.63) is 58.7 Å². The Hall–Kier alpha value is -3.35. The molecule has 4 rings (SSSR count). The molecule has 2 N–H and O–H groups in total. The molecule has 36 heavy (non-hydrogen) atoms. The second-order valence-corrected chi connectivity index (χ2v) is 9.30. The fraction of sp³-hybridized carbons (Fsp3) is 0.407. The number of rotatable bonds is 10. The standard InChI is InChI=1S/C27H28F3N3O3/c1-15(18-7-6-8-21(24(18)28)27(29,30)26(3,4)34)31-25-20-14-23(36-12-11-35-5)19(17-9-10-17)13-22(20)32-16(2)33-25/h6-8,13-15,17,34H,11-12H2,1-5H3,(H,31,32,33)/t15-/m1/s1. The van der Waals surface area contributed by atoms with Gasteiger partial charge < -0.3 is 19.9 Å². The van der Waals surface area contributed by atoms with Crippen LogP contribution < -0.4 is 10.1 Å². The number of methoxy groups -OCH3 is 1. The molecule has 1 atom stereocenters. The molecular formula is C27H28F3N3O3. The molecule has 1 aliphatic carbocycles. The lowest BCUT2D eigenvalue weighted by Crippen LogP contribution is -2.41. The number of nitrogens with zero attached hydrogens (tertiary/aromatic N) is 2. The molecule has 0 radical (unpaired) electrons. The van der Waals surface area contributed by atoms with E-state index in [4.69, 9.17) is 9.47 Å². The van der Waals surface area contributed by atoms with Gasteiger partial charge in [-0.3, -0.25) is 0 Å². The SMILES string of the molecule is COCCOc1cc2c(N[C@H](C)c3cccc(C(F)(F)C(C)(C)O)c3F)nc(C)nc2cc1C1C#C1. The highest BCUT2D eigenvalue weighted by Gasteiger charge is 2.49. The Kier molecular flexibility index (Phi) is 6.86. The molecule has 1 aliphatic rings. The molecule has 2 aromatic carbocycles. The topological polar surface area (TPSA) is 76.5 Å². The third-order valence-corrected chi connectivity index (χ3v) is 6.04. The molecule has 0 saturated carbocycles. The molecule has 0 amide bonds. The number of anilines is 1. The summed E-state index contributed by atoms with van der Waals surface area (Å²) in [5, 5.41) is 13.7. The molecule has 0 fully saturated rings. The maximum atomic E-state index is 15.3. The number of fused-ring (bicyclic) bond motifs is 1. The van der Waals surface area contributed by atoms with Crippen LogP contribution in [0.2, 0.25) is 0 Å². The quantitative estimate of drug-likeness (QED) is 0.294. The molecule has 190 valence electrons. The lowest BCUT2D eigenvalue weighted by atomic mass is 9.91. The Morgan fingerprint density at radius 3 is 2.53 bits per heavy atom. The van der Waals surface area contributed by atoms with E-state index in [0.29, 0.717) is 41.5 Å². The number of benzene rings is 2. The number of aromatic nitrogens is 2. The van der Waals surface area contributed by atoms with Gasteiger partial charge in [0.2, 0.25) is 0 Å². The summed E-state index contributed by atoms with van der Waals surface area (Å²) >= 11 is 0. The summed E-state index contributed by atoms with van der Waals surface area (Å²) in [6.07, 6.45) is 0. The Bertz CT molecular complexity index is 1350. The number of alkyl halides is 2. The van der Waals surface area contributed by atoms with Crippen LogP contribution in [0.4, 0.5) is 19.0 Å². The van der Waals surface area contributed by atoms with Crippen molar-refractivity contribution in [2.45, 2.75) is 51.2 Å². The van der Waals surface area contributed by atoms with Gasteiger partial charge in [-0.05, 0) is 45.9 Å². The van der Waals surface area contributed by atoms with Crippen molar-refractivity contribution in [3.8, 4) is 17.6 Å². The fourth-order valence-corrected chi connectivity index (χ4v) is 3.92. The first kappa shape index (κ1) is 25.7. The number of hydrogen-bond donors (Lipinski definition) is 2. The Morgan fingerprint density at radius 2 is 1.89 bits per heavy atom. The number of halogens is 3. The van der Waals surface area contributed by atoms with E-state index >= 15 is 4.39 Å². The van der Waals surface area contributed by atoms with Crippen molar-refractivity contribution in [1.29, 1.82) is 0 Å². The van der Waals surface area contributed by atoms with Gasteiger partial charge in [0, 0.05) is 23.6 Å². The first-order valence-corrected chi connectivity index (χ1v) is 11.5. The minimum atomic E-state index is -3.79. The van der Waals surface area contributed by atoms with Gasteiger partial charge in [0.25, 0.3) is 0 Å². The van der Waals surface area contributed by atoms with Gasteiger partial charge in [0.15, 0.2) is 0 Å².